The van der Waals surface area contributed by atoms with Gasteiger partial charge in [0, 0.05) is 73.4 Å². The van der Waals surface area contributed by atoms with E-state index in [-0.39, 0.29) is 46.5 Å². The predicted molar refractivity (Wildman–Crippen MR) is 319 cm³/mol. The average molecular weight is 1140 g/mol. The lowest BCUT2D eigenvalue weighted by atomic mass is 10.0. The van der Waals surface area contributed by atoms with Crippen LogP contribution in [-0.2, 0) is 8.85 Å². The summed E-state index contributed by atoms with van der Waals surface area (Å²) in [5.41, 5.74) is 20.4. The Hall–Kier alpha value is -3.41. The fourth-order valence-electron chi connectivity index (χ4n) is 8.66. The molecule has 3 saturated heterocycles. The number of aromatic nitrogens is 4. The summed E-state index contributed by atoms with van der Waals surface area (Å²) >= 11 is 3.43. The number of hydrogen-bond donors (Lipinski definition) is 4. The van der Waals surface area contributed by atoms with Crippen LogP contribution in [0.25, 0.3) is 22.5 Å². The van der Waals surface area contributed by atoms with Crippen LogP contribution in [0.15, 0.2) is 53.3 Å². The lowest BCUT2D eigenvalue weighted by Gasteiger charge is -2.39. The summed E-state index contributed by atoms with van der Waals surface area (Å²) in [6, 6.07) is 12.8. The van der Waals surface area contributed by atoms with Crippen molar-refractivity contribution >= 4 is 38.3 Å². The van der Waals surface area contributed by atoms with Gasteiger partial charge in [0.05, 0.1) is 73.0 Å². The number of aliphatic hydroxyl groups is 1. The van der Waals surface area contributed by atoms with Crippen molar-refractivity contribution in [1.29, 1.82) is 0 Å². The van der Waals surface area contributed by atoms with E-state index >= 15 is 0 Å². The molecule has 7 heterocycles. The number of anilines is 1. The molecule has 4 aromatic heterocycles. The van der Waals surface area contributed by atoms with Crippen LogP contribution in [0.4, 0.5) is 5.69 Å². The highest BCUT2D eigenvalue weighted by Crippen LogP contribution is 2.40. The van der Waals surface area contributed by atoms with Crippen molar-refractivity contribution in [1.82, 2.24) is 34.6 Å². The van der Waals surface area contributed by atoms with E-state index < -0.39 is 16.6 Å². The second kappa shape index (κ2) is 27.0. The fraction of sp³-hybridized carbons (Fsp3) is 0.649. The molecular weight excluding hydrogens is 1040 g/mol. The summed E-state index contributed by atoms with van der Waals surface area (Å²) in [6.45, 7) is 40.9. The Morgan fingerprint density at radius 1 is 0.640 bits per heavy atom. The second-order valence-corrected chi connectivity index (χ2v) is 35.2. The third kappa shape index (κ3) is 17.8. The molecule has 3 aliphatic rings. The quantitative estimate of drug-likeness (QED) is 0.0983. The molecule has 3 fully saturated rings. The molecule has 6 N–H and O–H groups in total. The van der Waals surface area contributed by atoms with Crippen LogP contribution in [0.3, 0.4) is 0 Å². The van der Waals surface area contributed by atoms with Crippen molar-refractivity contribution in [2.75, 3.05) is 79.9 Å². The van der Waals surface area contributed by atoms with Crippen LogP contribution >= 0.6 is 15.9 Å². The molecule has 0 amide bonds. The second-order valence-electron chi connectivity index (χ2n) is 24.7. The van der Waals surface area contributed by atoms with E-state index in [1.807, 2.05) is 43.3 Å². The molecule has 3 aliphatic heterocycles. The van der Waals surface area contributed by atoms with E-state index in [1.54, 1.807) is 20.4 Å². The number of hydrogen-bond acceptors (Lipinski definition) is 15. The zero-order valence-electron chi connectivity index (χ0n) is 49.7. The Bertz CT molecular complexity index is 2440. The third-order valence-electron chi connectivity index (χ3n) is 15.3. The highest BCUT2D eigenvalue weighted by atomic mass is 79.9. The lowest BCUT2D eigenvalue weighted by Crippen LogP contribution is -2.48. The Kier molecular flexibility index (Phi) is 23.1. The smallest absolute Gasteiger partial charge is 0.222 e. The topological polar surface area (TPSA) is 182 Å². The molecule has 0 unspecified atom stereocenters. The summed E-state index contributed by atoms with van der Waals surface area (Å²) < 4.78 is 25.1. The van der Waals surface area contributed by atoms with Gasteiger partial charge in [0.15, 0.2) is 16.6 Å². The van der Waals surface area contributed by atoms with Gasteiger partial charge in [0.2, 0.25) is 11.8 Å². The van der Waals surface area contributed by atoms with E-state index in [2.05, 4.69) is 181 Å². The van der Waals surface area contributed by atoms with Crippen LogP contribution in [0.5, 0.6) is 11.8 Å². The number of likely N-dealkylation sites (tertiary alicyclic amines) is 3. The Morgan fingerprint density at radius 2 is 1.07 bits per heavy atom. The molecule has 15 nitrogen and oxygen atoms in total. The SMILES string of the molecule is CN1C[C@@H](N)[C@@H](O)C1.CN1C[C@@H](N)[C@@H](O[Si](C)(C)C(C)(C)C)C1.COc1nc(C(C)C)ccc1-c1ncc(Br)cc1C.COc1nc(C(C)C)ccc1-c1ncc(N[C@@H]2CN(C)C[C@@H]2O[Si](C)(C)C(C)(C)C)cc1C. The minimum absolute atomic E-state index is 0.0278. The van der Waals surface area contributed by atoms with Gasteiger partial charge in [-0.1, -0.05) is 69.2 Å². The predicted octanol–water partition coefficient (Wildman–Crippen LogP) is 10.3. The number of pyridine rings is 4. The third-order valence-corrected chi connectivity index (χ3v) is 24.7. The zero-order valence-corrected chi connectivity index (χ0v) is 53.3. The van der Waals surface area contributed by atoms with Gasteiger partial charge in [0.25, 0.3) is 0 Å². The lowest BCUT2D eigenvalue weighted by molar-refractivity contribution is 0.169. The number of nitrogens with one attached hydrogen (secondary N) is 1. The number of likely N-dealkylation sites (N-methyl/N-ethyl adjacent to an activating group) is 3. The number of ether oxygens (including phenoxy) is 2. The highest BCUT2D eigenvalue weighted by Gasteiger charge is 2.44. The first kappa shape index (κ1) is 64.1. The Morgan fingerprint density at radius 3 is 1.44 bits per heavy atom. The first-order chi connectivity index (χ1) is 34.7. The highest BCUT2D eigenvalue weighted by molar-refractivity contribution is 9.10. The van der Waals surface area contributed by atoms with Crippen molar-refractivity contribution in [3.8, 4) is 34.3 Å². The molecule has 7 rings (SSSR count). The standard InChI is InChI=1S/C26H42N4O2Si.C15H17BrN2O.C11H26N2OSi.C5H12N2O/c1-17(2)21-12-11-20(25(29-21)31-8)24-18(3)13-19(14-27-24)28-22-15-30(7)16-23(22)32-33(9,10)26(4,5)6;1-9(2)13-6-5-12(15(18-13)19-4)14-10(3)7-11(16)8-17-14;1-11(2,3)15(5,6)14-10-8-13(4)7-9(10)12;1-7-2-4(6)5(8)3-7/h11-14,17,22-23,28H,15-16H2,1-10H3;5-9H,1-4H3;9-10H,7-8,12H2,1-6H3;4-5,8H,2-3,6H2,1H3/t22-,23+;;9-,10+;4-,5+/m1.11/s1. The molecule has 6 atom stereocenters. The Balaban J connectivity index is 0.000000243. The maximum Gasteiger partial charge on any atom is 0.222 e. The van der Waals surface area contributed by atoms with Gasteiger partial charge in [-0.25, -0.2) is 9.97 Å². The number of nitrogens with two attached hydrogens (primary N) is 2. The van der Waals surface area contributed by atoms with Gasteiger partial charge in [0.1, 0.15) is 0 Å². The molecule has 0 aliphatic carbocycles. The van der Waals surface area contributed by atoms with E-state index in [1.165, 1.54) is 0 Å². The van der Waals surface area contributed by atoms with Gasteiger partial charge in [-0.3, -0.25) is 9.97 Å². The van der Waals surface area contributed by atoms with Crippen molar-refractivity contribution in [2.24, 2.45) is 11.5 Å². The van der Waals surface area contributed by atoms with Crippen LogP contribution in [0, 0.1) is 13.8 Å². The molecule has 18 heteroatoms. The minimum atomic E-state index is -1.85. The van der Waals surface area contributed by atoms with Crippen molar-refractivity contribution in [2.45, 2.75) is 168 Å². The number of rotatable bonds is 12. The number of nitrogens with zero attached hydrogens (tertiary/aromatic N) is 7. The van der Waals surface area contributed by atoms with Crippen molar-refractivity contribution in [3.05, 3.63) is 75.8 Å². The number of aryl methyl sites for hydroxylation is 2. The monoisotopic (exact) mass is 1140 g/mol. The summed E-state index contributed by atoms with van der Waals surface area (Å²) in [5.74, 6) is 1.98. The maximum absolute atomic E-state index is 9.00. The van der Waals surface area contributed by atoms with E-state index in [9.17, 15) is 0 Å². The first-order valence-electron chi connectivity index (χ1n) is 26.7. The van der Waals surface area contributed by atoms with Crippen molar-refractivity contribution < 1.29 is 23.4 Å². The number of aliphatic hydroxyl groups excluding tert-OH is 1. The van der Waals surface area contributed by atoms with Crippen LogP contribution < -0.4 is 26.3 Å². The summed E-state index contributed by atoms with van der Waals surface area (Å²) in [6.07, 6.45) is 3.80. The minimum Gasteiger partial charge on any atom is -0.480 e. The maximum atomic E-state index is 9.00. The summed E-state index contributed by atoms with van der Waals surface area (Å²) in [5, 5.41) is 13.2. The Labute approximate surface area is 463 Å². The first-order valence-corrected chi connectivity index (χ1v) is 33.4. The average Bonchev–Trinajstić information content (AvgIpc) is 3.92. The van der Waals surface area contributed by atoms with E-state index in [0.717, 1.165) is 94.5 Å². The summed E-state index contributed by atoms with van der Waals surface area (Å²) in [4.78, 5) is 25.1. The molecule has 0 spiro atoms. The fourth-order valence-corrected chi connectivity index (χ4v) is 11.8. The molecule has 0 bridgehead atoms. The summed E-state index contributed by atoms with van der Waals surface area (Å²) in [7, 11) is 6.04. The number of halogens is 1. The van der Waals surface area contributed by atoms with Gasteiger partial charge < -0.3 is 54.9 Å². The van der Waals surface area contributed by atoms with Gasteiger partial charge in [-0.05, 0) is 147 Å². The molecule has 420 valence electrons. The molecule has 4 aromatic rings. The van der Waals surface area contributed by atoms with Crippen LogP contribution in [0.1, 0.15) is 104 Å². The molecular formula is C57H97BrN10O5Si2. The molecule has 0 radical (unpaired) electrons. The van der Waals surface area contributed by atoms with E-state index in [4.69, 9.17) is 39.9 Å². The van der Waals surface area contributed by atoms with Gasteiger partial charge in [-0.2, -0.15) is 0 Å². The zero-order chi connectivity index (χ0) is 56.5. The van der Waals surface area contributed by atoms with Crippen LogP contribution in [0.2, 0.25) is 36.3 Å². The van der Waals surface area contributed by atoms with Crippen molar-refractivity contribution in [3.63, 3.8) is 0 Å². The van der Waals surface area contributed by atoms with Gasteiger partial charge >= 0.3 is 0 Å². The van der Waals surface area contributed by atoms with Crippen LogP contribution in [-0.4, -0.2) is 167 Å². The molecule has 0 saturated carbocycles. The number of β-amino-alcohol motifs (C(OH)–C–C–N with tert-alkyl or cyclic N) is 1. The number of methoxy groups -OCH3 is 2. The van der Waals surface area contributed by atoms with Gasteiger partial charge in [-0.15, -0.1) is 0 Å². The largest absolute Gasteiger partial charge is 0.480 e. The normalized spacial score (nSPS) is 21.8. The molecule has 0 aromatic carbocycles. The molecule has 75 heavy (non-hydrogen) atoms. The van der Waals surface area contributed by atoms with E-state index in [0.29, 0.717) is 23.6 Å².